The van der Waals surface area contributed by atoms with Crippen molar-refractivity contribution in [3.63, 3.8) is 0 Å². The predicted molar refractivity (Wildman–Crippen MR) is 144 cm³/mol. The fraction of sp³-hybridized carbons (Fsp3) is 0.333. The third-order valence-electron chi connectivity index (χ3n) is 6.32. The van der Waals surface area contributed by atoms with Crippen LogP contribution in [-0.2, 0) is 20.2 Å². The van der Waals surface area contributed by atoms with E-state index in [4.69, 9.17) is 0 Å². The third kappa shape index (κ3) is 6.03. The molecule has 190 valence electrons. The summed E-state index contributed by atoms with van der Waals surface area (Å²) in [5, 5.41) is 7.54. The van der Waals surface area contributed by atoms with Crippen molar-refractivity contribution >= 4 is 44.5 Å². The molecule has 36 heavy (non-hydrogen) atoms. The van der Waals surface area contributed by atoms with Crippen LogP contribution < -0.4 is 10.6 Å². The smallest absolute Gasteiger partial charge is 0.255 e. The largest absolute Gasteiger partial charge is 0.326 e. The predicted octanol–water partition coefficient (Wildman–Crippen LogP) is 5.34. The molecule has 1 aliphatic heterocycles. The van der Waals surface area contributed by atoms with E-state index in [2.05, 4.69) is 31.4 Å². The molecule has 1 aliphatic rings. The number of rotatable bonds is 6. The van der Waals surface area contributed by atoms with Crippen LogP contribution in [0.25, 0.3) is 0 Å². The molecular weight excluding hydrogens is 494 g/mol. The number of nitrogens with zero attached hydrogens (tertiary/aromatic N) is 1. The number of thiophene rings is 1. The summed E-state index contributed by atoms with van der Waals surface area (Å²) in [5.41, 5.74) is 2.88. The first kappa shape index (κ1) is 26.1. The lowest BCUT2D eigenvalue weighted by atomic mass is 9.87. The number of hydrogen-bond acceptors (Lipinski definition) is 5. The number of carbonyl (C=O) groups excluding carboxylic acids is 2. The molecule has 4 rings (SSSR count). The van der Waals surface area contributed by atoms with Crippen LogP contribution in [-0.4, -0.2) is 37.6 Å². The molecule has 0 radical (unpaired) electrons. The number of piperidine rings is 1. The first-order chi connectivity index (χ1) is 17.0. The Hall–Kier alpha value is -3.01. The minimum absolute atomic E-state index is 0.0104. The number of anilines is 2. The Morgan fingerprint density at radius 3 is 2.14 bits per heavy atom. The molecule has 0 aliphatic carbocycles. The van der Waals surface area contributed by atoms with Gasteiger partial charge in [0.05, 0.1) is 0 Å². The number of amides is 2. The van der Waals surface area contributed by atoms with E-state index in [0.717, 1.165) is 5.56 Å². The van der Waals surface area contributed by atoms with Crippen molar-refractivity contribution in [1.29, 1.82) is 0 Å². The number of carbonyl (C=O) groups is 2. The van der Waals surface area contributed by atoms with E-state index < -0.39 is 10.0 Å². The van der Waals surface area contributed by atoms with E-state index in [1.165, 1.54) is 15.6 Å². The summed E-state index contributed by atoms with van der Waals surface area (Å²) in [6.45, 7) is 6.99. The number of sulfonamides is 1. The molecule has 2 amide bonds. The van der Waals surface area contributed by atoms with Gasteiger partial charge < -0.3 is 10.6 Å². The standard InChI is InChI=1S/C27H31N3O4S2/c1-27(2,3)21-11-9-19(10-12-21)25(31)28-22-6-4-7-23(18-22)29-26(32)20-13-15-30(16-14-20)36(33,34)24-8-5-17-35-24/h4-12,17-18,20H,13-16H2,1-3H3,(H,28,31)(H,29,32). The number of benzene rings is 2. The Morgan fingerprint density at radius 2 is 1.56 bits per heavy atom. The van der Waals surface area contributed by atoms with Gasteiger partial charge in [-0.2, -0.15) is 4.31 Å². The lowest BCUT2D eigenvalue weighted by Crippen LogP contribution is -2.41. The maximum absolute atomic E-state index is 12.9. The summed E-state index contributed by atoms with van der Waals surface area (Å²) in [6, 6.07) is 17.9. The van der Waals surface area contributed by atoms with E-state index in [-0.39, 0.29) is 23.1 Å². The minimum atomic E-state index is -3.50. The molecule has 2 aromatic carbocycles. The van der Waals surface area contributed by atoms with Gasteiger partial charge in [0.25, 0.3) is 15.9 Å². The highest BCUT2D eigenvalue weighted by Crippen LogP contribution is 2.27. The van der Waals surface area contributed by atoms with Crippen LogP contribution in [0.4, 0.5) is 11.4 Å². The van der Waals surface area contributed by atoms with Crippen LogP contribution in [0.2, 0.25) is 0 Å². The zero-order valence-electron chi connectivity index (χ0n) is 20.7. The van der Waals surface area contributed by atoms with Crippen LogP contribution in [0.15, 0.2) is 70.3 Å². The van der Waals surface area contributed by atoms with Crippen molar-refractivity contribution < 1.29 is 18.0 Å². The molecule has 2 N–H and O–H groups in total. The highest BCUT2D eigenvalue weighted by molar-refractivity contribution is 7.91. The highest BCUT2D eigenvalue weighted by Gasteiger charge is 2.32. The lowest BCUT2D eigenvalue weighted by molar-refractivity contribution is -0.120. The topological polar surface area (TPSA) is 95.6 Å². The van der Waals surface area contributed by atoms with Gasteiger partial charge in [-0.25, -0.2) is 8.42 Å². The molecule has 9 heteroatoms. The van der Waals surface area contributed by atoms with Crippen molar-refractivity contribution in [2.75, 3.05) is 23.7 Å². The minimum Gasteiger partial charge on any atom is -0.326 e. The summed E-state index contributed by atoms with van der Waals surface area (Å²) in [6.07, 6.45) is 0.912. The fourth-order valence-corrected chi connectivity index (χ4v) is 6.75. The Morgan fingerprint density at radius 1 is 0.917 bits per heavy atom. The zero-order chi connectivity index (χ0) is 25.9. The van der Waals surface area contributed by atoms with Gasteiger partial charge in [-0.15, -0.1) is 11.3 Å². The lowest BCUT2D eigenvalue weighted by Gasteiger charge is -2.30. The summed E-state index contributed by atoms with van der Waals surface area (Å²) in [7, 11) is -3.50. The van der Waals surface area contributed by atoms with Gasteiger partial charge in [0.2, 0.25) is 5.91 Å². The van der Waals surface area contributed by atoms with Crippen molar-refractivity contribution in [1.82, 2.24) is 4.31 Å². The van der Waals surface area contributed by atoms with Crippen LogP contribution in [0, 0.1) is 5.92 Å². The van der Waals surface area contributed by atoms with Crippen molar-refractivity contribution in [2.45, 2.75) is 43.2 Å². The van der Waals surface area contributed by atoms with Gasteiger partial charge in [0.1, 0.15) is 4.21 Å². The average Bonchev–Trinajstić information content (AvgIpc) is 3.40. The second kappa shape index (κ2) is 10.5. The molecular formula is C27H31N3O4S2. The normalized spacial score (nSPS) is 15.4. The second-order valence-electron chi connectivity index (χ2n) is 9.96. The molecule has 0 bridgehead atoms. The molecule has 0 saturated carbocycles. The maximum Gasteiger partial charge on any atom is 0.255 e. The van der Waals surface area contributed by atoms with Crippen LogP contribution >= 0.6 is 11.3 Å². The van der Waals surface area contributed by atoms with Gasteiger partial charge in [-0.3, -0.25) is 9.59 Å². The van der Waals surface area contributed by atoms with Gasteiger partial charge in [0.15, 0.2) is 0 Å². The summed E-state index contributed by atoms with van der Waals surface area (Å²) >= 11 is 1.20. The quantitative estimate of drug-likeness (QED) is 0.454. The molecule has 7 nitrogen and oxygen atoms in total. The van der Waals surface area contributed by atoms with Gasteiger partial charge in [-0.05, 0) is 65.6 Å². The monoisotopic (exact) mass is 525 g/mol. The molecule has 1 saturated heterocycles. The van der Waals surface area contributed by atoms with E-state index in [1.54, 1.807) is 41.8 Å². The van der Waals surface area contributed by atoms with Gasteiger partial charge in [-0.1, -0.05) is 45.0 Å². The van der Waals surface area contributed by atoms with E-state index in [0.29, 0.717) is 47.1 Å². The second-order valence-corrected chi connectivity index (χ2v) is 13.1. The Balaban J connectivity index is 1.33. The Bertz CT molecular complexity index is 1320. The molecule has 0 atom stereocenters. The summed E-state index contributed by atoms with van der Waals surface area (Å²) < 4.78 is 27.2. The van der Waals surface area contributed by atoms with Crippen molar-refractivity contribution in [3.8, 4) is 0 Å². The summed E-state index contributed by atoms with van der Waals surface area (Å²) in [5.74, 6) is -0.651. The van der Waals surface area contributed by atoms with Crippen molar-refractivity contribution in [3.05, 3.63) is 77.2 Å². The molecule has 3 aromatic rings. The zero-order valence-corrected chi connectivity index (χ0v) is 22.3. The number of nitrogens with one attached hydrogen (secondary N) is 2. The SMILES string of the molecule is CC(C)(C)c1ccc(C(=O)Nc2cccc(NC(=O)C3CCN(S(=O)(=O)c4cccs4)CC3)c2)cc1. The highest BCUT2D eigenvalue weighted by atomic mass is 32.2. The van der Waals surface area contributed by atoms with E-state index >= 15 is 0 Å². The maximum atomic E-state index is 12.9. The van der Waals surface area contributed by atoms with Crippen molar-refractivity contribution in [2.24, 2.45) is 5.92 Å². The van der Waals surface area contributed by atoms with E-state index in [1.807, 2.05) is 24.3 Å². The molecule has 2 heterocycles. The van der Waals surface area contributed by atoms with Gasteiger partial charge >= 0.3 is 0 Å². The Kier molecular flexibility index (Phi) is 7.63. The first-order valence-corrected chi connectivity index (χ1v) is 14.2. The molecule has 0 spiro atoms. The van der Waals surface area contributed by atoms with Crippen LogP contribution in [0.1, 0.15) is 49.5 Å². The van der Waals surface area contributed by atoms with E-state index in [9.17, 15) is 18.0 Å². The first-order valence-electron chi connectivity index (χ1n) is 11.9. The van der Waals surface area contributed by atoms with Crippen LogP contribution in [0.5, 0.6) is 0 Å². The fourth-order valence-electron chi connectivity index (χ4n) is 4.14. The van der Waals surface area contributed by atoms with Gasteiger partial charge in [0, 0.05) is 35.9 Å². The molecule has 0 unspecified atom stereocenters. The Labute approximate surface area is 216 Å². The summed E-state index contributed by atoms with van der Waals surface area (Å²) in [4.78, 5) is 25.6. The molecule has 1 aromatic heterocycles. The third-order valence-corrected chi connectivity index (χ3v) is 9.59. The number of hydrogen-bond donors (Lipinski definition) is 2. The average molecular weight is 526 g/mol. The van der Waals surface area contributed by atoms with Crippen LogP contribution in [0.3, 0.4) is 0 Å². The molecule has 1 fully saturated rings.